The first-order valence-electron chi connectivity index (χ1n) is 16.2. The van der Waals surface area contributed by atoms with Crippen LogP contribution in [0.4, 0.5) is 5.82 Å². The molecule has 2 aromatic heterocycles. The maximum absolute atomic E-state index is 13.2. The van der Waals surface area contributed by atoms with Crippen LogP contribution in [0, 0.1) is 0 Å². The summed E-state index contributed by atoms with van der Waals surface area (Å²) in [5.74, 6) is -0.269. The number of hydrogen-bond donors (Lipinski definition) is 3. The summed E-state index contributed by atoms with van der Waals surface area (Å²) in [6.07, 6.45) is 11.8. The van der Waals surface area contributed by atoms with Crippen molar-refractivity contribution in [2.24, 2.45) is 5.73 Å². The number of benzene rings is 1. The molecular weight excluding hydrogens is 644 g/mol. The third kappa shape index (κ3) is 8.24. The highest BCUT2D eigenvalue weighted by Gasteiger charge is 2.52. The Balaban J connectivity index is 0.00000217. The number of carboxylic acids is 1. The molecule has 4 atom stereocenters. The zero-order valence-electron chi connectivity index (χ0n) is 28.5. The van der Waals surface area contributed by atoms with Crippen LogP contribution in [0.3, 0.4) is 0 Å². The van der Waals surface area contributed by atoms with Gasteiger partial charge in [-0.25, -0.2) is 9.78 Å². The summed E-state index contributed by atoms with van der Waals surface area (Å²) < 4.78 is 0. The van der Waals surface area contributed by atoms with Crippen molar-refractivity contribution in [3.8, 4) is 0 Å². The minimum Gasteiger partial charge on any atom is -0.478 e. The highest BCUT2D eigenvalue weighted by Crippen LogP contribution is 2.46. The molecule has 6 rings (SSSR count). The molecule has 2 aliphatic heterocycles. The van der Waals surface area contributed by atoms with E-state index < -0.39 is 17.4 Å². The quantitative estimate of drug-likeness (QED) is 0.240. The number of nitrogens with zero attached hydrogens (tertiary/aromatic N) is 4. The molecule has 272 valence electrons. The number of likely N-dealkylation sites (N-methyl/N-ethyl adjacent to an activating group) is 1. The molecule has 50 heavy (non-hydrogen) atoms. The lowest BCUT2D eigenvalue weighted by Gasteiger charge is -2.42. The first-order chi connectivity index (χ1) is 22.2. The fourth-order valence-electron chi connectivity index (χ4n) is 7.31. The van der Waals surface area contributed by atoms with Crippen molar-refractivity contribution in [1.29, 1.82) is 0 Å². The molecule has 1 saturated heterocycles. The zero-order chi connectivity index (χ0) is 32.4. The Morgan fingerprint density at radius 1 is 1.06 bits per heavy atom. The van der Waals surface area contributed by atoms with Crippen molar-refractivity contribution in [2.75, 3.05) is 32.0 Å². The van der Waals surface area contributed by atoms with Crippen molar-refractivity contribution in [2.45, 2.75) is 68.9 Å². The van der Waals surface area contributed by atoms with Crippen LogP contribution >= 0.6 is 0 Å². The smallest absolute Gasteiger partial charge is 0.337 e. The number of likely N-dealkylation sites (tertiary alicyclic amines) is 1. The van der Waals surface area contributed by atoms with Gasteiger partial charge in [-0.2, -0.15) is 0 Å². The second-order valence-corrected chi connectivity index (χ2v) is 13.0. The maximum Gasteiger partial charge on any atom is 0.337 e. The average molecular weight is 695 g/mol. The fourth-order valence-corrected chi connectivity index (χ4v) is 7.31. The van der Waals surface area contributed by atoms with Gasteiger partial charge in [0.15, 0.2) is 0 Å². The van der Waals surface area contributed by atoms with Crippen LogP contribution in [0.1, 0.15) is 76.8 Å². The minimum atomic E-state index is -1.03. The second kappa shape index (κ2) is 17.4. The van der Waals surface area contributed by atoms with Gasteiger partial charge in [0.25, 0.3) is 0 Å². The third-order valence-corrected chi connectivity index (χ3v) is 9.94. The number of pyridine rings is 2. The number of anilines is 1. The number of unbranched alkanes of at least 4 members (excludes halogenated alkanes) is 2. The Morgan fingerprint density at radius 3 is 2.52 bits per heavy atom. The molecular formula is C36H50N6O8. The van der Waals surface area contributed by atoms with Gasteiger partial charge in [0.2, 0.25) is 11.8 Å². The highest BCUT2D eigenvalue weighted by atomic mass is 16.4. The molecule has 14 nitrogen and oxygen atoms in total. The number of carbonyl (C=O) groups is 3. The Morgan fingerprint density at radius 2 is 1.80 bits per heavy atom. The molecule has 0 radical (unpaired) electrons. The first kappa shape index (κ1) is 41.6. The molecule has 1 fully saturated rings. The van der Waals surface area contributed by atoms with Crippen molar-refractivity contribution in [3.05, 3.63) is 94.4 Å². The molecule has 12 N–H and O–H groups in total. The van der Waals surface area contributed by atoms with Crippen LogP contribution in [0.15, 0.2) is 60.9 Å². The van der Waals surface area contributed by atoms with E-state index in [1.807, 2.05) is 35.2 Å². The van der Waals surface area contributed by atoms with Crippen LogP contribution in [-0.2, 0) is 27.8 Å². The summed E-state index contributed by atoms with van der Waals surface area (Å²) in [4.78, 5) is 50.7. The van der Waals surface area contributed by atoms with E-state index in [9.17, 15) is 19.5 Å². The van der Waals surface area contributed by atoms with Gasteiger partial charge in [0.05, 0.1) is 17.0 Å². The molecule has 0 bridgehead atoms. The molecule has 0 saturated carbocycles. The largest absolute Gasteiger partial charge is 0.478 e. The van der Waals surface area contributed by atoms with Crippen molar-refractivity contribution < 1.29 is 41.4 Å². The number of nitrogens with two attached hydrogens (primary N) is 1. The fraction of sp³-hybridized carbons (Fsp3) is 0.417. The number of piperidine rings is 1. The van der Waals surface area contributed by atoms with Gasteiger partial charge in [-0.05, 0) is 75.0 Å². The number of rotatable bonds is 11. The predicted molar refractivity (Wildman–Crippen MR) is 191 cm³/mol. The maximum atomic E-state index is 13.2. The van der Waals surface area contributed by atoms with Gasteiger partial charge in [0.1, 0.15) is 5.82 Å². The Hall–Kier alpha value is -4.57. The van der Waals surface area contributed by atoms with E-state index >= 15 is 0 Å². The van der Waals surface area contributed by atoms with Crippen molar-refractivity contribution >= 4 is 29.7 Å². The Bertz CT molecular complexity index is 1670. The number of aromatic carboxylic acids is 1. The normalized spacial score (nSPS) is 21.8. The Kier molecular flexibility index (Phi) is 14.5. The van der Waals surface area contributed by atoms with E-state index in [2.05, 4.69) is 52.4 Å². The lowest BCUT2D eigenvalue weighted by atomic mass is 9.79. The summed E-state index contributed by atoms with van der Waals surface area (Å²) in [5, 5.41) is 12.3. The molecule has 3 aromatic rings. The van der Waals surface area contributed by atoms with E-state index in [0.29, 0.717) is 25.1 Å². The van der Waals surface area contributed by atoms with Gasteiger partial charge in [-0.1, -0.05) is 48.9 Å². The van der Waals surface area contributed by atoms with E-state index in [-0.39, 0.29) is 51.2 Å². The van der Waals surface area contributed by atoms with Crippen LogP contribution in [-0.4, -0.2) is 103 Å². The summed E-state index contributed by atoms with van der Waals surface area (Å²) in [6, 6.07) is 13.7. The number of amides is 2. The van der Waals surface area contributed by atoms with Crippen molar-refractivity contribution in [1.82, 2.24) is 19.8 Å². The number of nitrogens with one attached hydrogen (secondary N) is 1. The molecule has 3 aliphatic rings. The van der Waals surface area contributed by atoms with Crippen LogP contribution in [0.2, 0.25) is 0 Å². The number of hydrogen-bond acceptors (Lipinski definition) is 7. The van der Waals surface area contributed by atoms with Gasteiger partial charge < -0.3 is 47.9 Å². The monoisotopic (exact) mass is 694 g/mol. The van der Waals surface area contributed by atoms with E-state index in [1.54, 1.807) is 12.3 Å². The molecule has 1 aliphatic carbocycles. The number of aromatic nitrogens is 2. The lowest BCUT2D eigenvalue weighted by molar-refractivity contribution is -0.138. The van der Waals surface area contributed by atoms with Crippen molar-refractivity contribution in [3.63, 3.8) is 0 Å². The SMILES string of the molecule is CC1C(c2ccccc2)CC(N)C(=O)N1CCCCCN(C)C/C=C/c1cnc2c(c1)C1(Cc3cc(C(=O)O)cnc3C1)C(=O)N2.O.O.O.O. The molecule has 1 aromatic carbocycles. The summed E-state index contributed by atoms with van der Waals surface area (Å²) in [7, 11) is 2.09. The average Bonchev–Trinajstić information content (AvgIpc) is 3.56. The summed E-state index contributed by atoms with van der Waals surface area (Å²) in [5.41, 5.74) is 10.1. The topological polar surface area (TPSA) is 268 Å². The van der Waals surface area contributed by atoms with Gasteiger partial charge >= 0.3 is 5.97 Å². The van der Waals surface area contributed by atoms with Crippen LogP contribution in [0.25, 0.3) is 6.08 Å². The summed E-state index contributed by atoms with van der Waals surface area (Å²) >= 11 is 0. The van der Waals surface area contributed by atoms with E-state index in [4.69, 9.17) is 5.73 Å². The van der Waals surface area contributed by atoms with Gasteiger partial charge in [-0.15, -0.1) is 0 Å². The van der Waals surface area contributed by atoms with E-state index in [0.717, 1.165) is 61.3 Å². The zero-order valence-corrected chi connectivity index (χ0v) is 28.5. The van der Waals surface area contributed by atoms with Gasteiger partial charge in [-0.3, -0.25) is 14.6 Å². The van der Waals surface area contributed by atoms with Gasteiger partial charge in [0, 0.05) is 55.1 Å². The third-order valence-electron chi connectivity index (χ3n) is 9.94. The number of carbonyl (C=O) groups excluding carboxylic acids is 2. The number of carboxylic acid groups (broad SMARTS) is 1. The molecule has 1 spiro atoms. The first-order valence-corrected chi connectivity index (χ1v) is 16.2. The minimum absolute atomic E-state index is 0. The molecule has 2 amide bonds. The lowest BCUT2D eigenvalue weighted by Crippen LogP contribution is -2.55. The Labute approximate surface area is 291 Å². The molecule has 14 heteroatoms. The predicted octanol–water partition coefficient (Wildman–Crippen LogP) is 0.712. The standard InChI is InChI=1S/C36H42N6O4.4H2O/c1-23-28(25-11-5-3-6-12-25)18-30(37)33(43)42(23)15-8-4-7-13-41(2)14-9-10-24-16-29-32(39-21-24)40-35(46)36(29)19-26-17-27(34(44)45)22-38-31(26)20-36;;;;/h3,5-6,9-12,16-17,21-23,28,30H,4,7-8,13-15,18-20,37H2,1-2H3,(H,44,45)(H,39,40,46);4*1H2/b10-9+;;;;. The highest BCUT2D eigenvalue weighted by molar-refractivity contribution is 6.06. The molecule has 4 heterocycles. The van der Waals surface area contributed by atoms with E-state index in [1.165, 1.54) is 11.8 Å². The second-order valence-electron chi connectivity index (χ2n) is 13.0. The number of fused-ring (bicyclic) bond motifs is 3. The van der Waals surface area contributed by atoms with Crippen LogP contribution in [0.5, 0.6) is 0 Å². The summed E-state index contributed by atoms with van der Waals surface area (Å²) in [6.45, 7) is 4.58. The molecule has 4 unspecified atom stereocenters. The van der Waals surface area contributed by atoms with Crippen LogP contribution < -0.4 is 11.1 Å².